The zero-order valence-electron chi connectivity index (χ0n) is 16.0. The molecule has 30 heavy (non-hydrogen) atoms. The van der Waals surface area contributed by atoms with E-state index in [4.69, 9.17) is 39.5 Å². The number of rotatable bonds is 5. The summed E-state index contributed by atoms with van der Waals surface area (Å²) in [6, 6.07) is 19.1. The molecule has 0 fully saturated rings. The molecule has 0 saturated heterocycles. The number of hydrogen-bond donors (Lipinski definition) is 1. The van der Waals surface area contributed by atoms with Gasteiger partial charge in [0.25, 0.3) is 0 Å². The number of ether oxygens (including phenoxy) is 1. The zero-order chi connectivity index (χ0) is 21.1. The largest absolute Gasteiger partial charge is 0.496 e. The van der Waals surface area contributed by atoms with Gasteiger partial charge in [0.05, 0.1) is 24.0 Å². The van der Waals surface area contributed by atoms with Crippen molar-refractivity contribution in [3.8, 4) is 28.1 Å². The predicted molar refractivity (Wildman–Crippen MR) is 126 cm³/mol. The van der Waals surface area contributed by atoms with Crippen molar-refractivity contribution in [3.63, 3.8) is 0 Å². The van der Waals surface area contributed by atoms with Gasteiger partial charge in [-0.25, -0.2) is 4.98 Å². The summed E-state index contributed by atoms with van der Waals surface area (Å²) in [4.78, 5) is 7.67. The van der Waals surface area contributed by atoms with Crippen molar-refractivity contribution in [1.29, 1.82) is 0 Å². The van der Waals surface area contributed by atoms with Crippen LogP contribution in [-0.4, -0.2) is 17.1 Å². The molecule has 0 radical (unpaired) electrons. The molecule has 4 aromatic rings. The number of nitrogens with one attached hydrogen (secondary N) is 1. The normalized spacial score (nSPS) is 11.2. The van der Waals surface area contributed by atoms with E-state index in [0.717, 1.165) is 39.5 Å². The molecule has 0 amide bonds. The molecule has 0 aliphatic carbocycles. The van der Waals surface area contributed by atoms with Crippen molar-refractivity contribution in [1.82, 2.24) is 9.97 Å². The van der Waals surface area contributed by atoms with Crippen LogP contribution in [-0.2, 0) is 0 Å². The third-order valence-electron chi connectivity index (χ3n) is 4.63. The number of halogens is 3. The van der Waals surface area contributed by atoms with Crippen molar-refractivity contribution < 1.29 is 4.74 Å². The van der Waals surface area contributed by atoms with E-state index in [2.05, 4.69) is 9.97 Å². The number of H-pyrrole nitrogens is 1. The fraction of sp³-hybridized carbons (Fsp3) is 0.0417. The smallest absolute Gasteiger partial charge is 0.130 e. The molecule has 0 aliphatic rings. The third kappa shape index (κ3) is 4.54. The van der Waals surface area contributed by atoms with Gasteiger partial charge in [-0.1, -0.05) is 65.1 Å². The van der Waals surface area contributed by atoms with Crippen molar-refractivity contribution in [3.05, 3.63) is 93.3 Å². The van der Waals surface area contributed by atoms with E-state index in [1.807, 2.05) is 60.7 Å². The van der Waals surface area contributed by atoms with Gasteiger partial charge in [-0.05, 0) is 53.6 Å². The number of imidazole rings is 1. The molecule has 150 valence electrons. The average Bonchev–Trinajstić information content (AvgIpc) is 3.21. The Kier molecular flexibility index (Phi) is 6.14. The Morgan fingerprint density at radius 1 is 0.833 bits per heavy atom. The van der Waals surface area contributed by atoms with Gasteiger partial charge in [-0.3, -0.25) is 0 Å². The molecule has 0 spiro atoms. The first-order chi connectivity index (χ1) is 14.5. The average molecular weight is 456 g/mol. The number of methoxy groups -OCH3 is 1. The van der Waals surface area contributed by atoms with E-state index >= 15 is 0 Å². The number of aromatic nitrogens is 2. The molecular weight excluding hydrogens is 439 g/mol. The van der Waals surface area contributed by atoms with Crippen LogP contribution < -0.4 is 4.74 Å². The molecule has 0 bridgehead atoms. The second-order valence-corrected chi connectivity index (χ2v) is 7.89. The Morgan fingerprint density at radius 2 is 1.57 bits per heavy atom. The number of benzene rings is 3. The predicted octanol–water partition coefficient (Wildman–Crippen LogP) is 7.88. The molecule has 6 heteroatoms. The Morgan fingerprint density at radius 3 is 2.30 bits per heavy atom. The van der Waals surface area contributed by atoms with Crippen LogP contribution >= 0.6 is 34.8 Å². The lowest BCUT2D eigenvalue weighted by Gasteiger charge is -2.09. The van der Waals surface area contributed by atoms with Gasteiger partial charge in [0.2, 0.25) is 0 Å². The van der Waals surface area contributed by atoms with E-state index in [-0.39, 0.29) is 0 Å². The third-order valence-corrected chi connectivity index (χ3v) is 5.42. The molecule has 1 heterocycles. The topological polar surface area (TPSA) is 37.9 Å². The van der Waals surface area contributed by atoms with Crippen LogP contribution in [0.3, 0.4) is 0 Å². The fourth-order valence-electron chi connectivity index (χ4n) is 3.12. The highest BCUT2D eigenvalue weighted by Crippen LogP contribution is 2.33. The Balaban J connectivity index is 1.53. The Labute approximate surface area is 189 Å². The summed E-state index contributed by atoms with van der Waals surface area (Å²) in [5, 5.41) is 1.85. The summed E-state index contributed by atoms with van der Waals surface area (Å²) in [5.41, 5.74) is 4.72. The highest BCUT2D eigenvalue weighted by atomic mass is 35.5. The van der Waals surface area contributed by atoms with E-state index in [0.29, 0.717) is 15.1 Å². The quantitative estimate of drug-likeness (QED) is 0.332. The molecule has 0 atom stereocenters. The van der Waals surface area contributed by atoms with Gasteiger partial charge in [-0.2, -0.15) is 0 Å². The minimum Gasteiger partial charge on any atom is -0.496 e. The van der Waals surface area contributed by atoms with Crippen LogP contribution in [0.2, 0.25) is 15.1 Å². The molecule has 1 aromatic heterocycles. The molecular formula is C24H17Cl3N2O. The molecule has 3 aromatic carbocycles. The summed E-state index contributed by atoms with van der Waals surface area (Å²) >= 11 is 18.4. The molecule has 3 nitrogen and oxygen atoms in total. The summed E-state index contributed by atoms with van der Waals surface area (Å²) < 4.78 is 5.44. The minimum absolute atomic E-state index is 0.578. The summed E-state index contributed by atoms with van der Waals surface area (Å²) in [5.74, 6) is 1.52. The summed E-state index contributed by atoms with van der Waals surface area (Å²) in [7, 11) is 1.65. The lowest BCUT2D eigenvalue weighted by molar-refractivity contribution is 0.416. The van der Waals surface area contributed by atoms with Gasteiger partial charge >= 0.3 is 0 Å². The maximum Gasteiger partial charge on any atom is 0.130 e. The van der Waals surface area contributed by atoms with Gasteiger partial charge in [0.15, 0.2) is 0 Å². The van der Waals surface area contributed by atoms with Crippen LogP contribution in [0.4, 0.5) is 0 Å². The monoisotopic (exact) mass is 454 g/mol. The fourth-order valence-corrected chi connectivity index (χ4v) is 3.80. The van der Waals surface area contributed by atoms with Gasteiger partial charge in [0, 0.05) is 21.2 Å². The summed E-state index contributed by atoms with van der Waals surface area (Å²) in [6.45, 7) is 0. The highest BCUT2D eigenvalue weighted by molar-refractivity contribution is 6.36. The first-order valence-corrected chi connectivity index (χ1v) is 10.3. The maximum absolute atomic E-state index is 6.28. The molecule has 4 rings (SSSR count). The summed E-state index contributed by atoms with van der Waals surface area (Å²) in [6.07, 6.45) is 5.66. The van der Waals surface area contributed by atoms with Crippen LogP contribution in [0.15, 0.2) is 66.9 Å². The van der Waals surface area contributed by atoms with Crippen LogP contribution in [0.25, 0.3) is 34.5 Å². The van der Waals surface area contributed by atoms with Crippen molar-refractivity contribution in [2.75, 3.05) is 7.11 Å². The lowest BCUT2D eigenvalue weighted by Crippen LogP contribution is -1.88. The van der Waals surface area contributed by atoms with Crippen LogP contribution in [0.1, 0.15) is 11.4 Å². The van der Waals surface area contributed by atoms with Crippen molar-refractivity contribution in [2.45, 2.75) is 0 Å². The van der Waals surface area contributed by atoms with Crippen molar-refractivity contribution in [2.24, 2.45) is 0 Å². The second kappa shape index (κ2) is 8.97. The molecule has 0 unspecified atom stereocenters. The van der Waals surface area contributed by atoms with Gasteiger partial charge < -0.3 is 9.72 Å². The number of aromatic amines is 1. The Bertz CT molecular complexity index is 1210. The SMILES string of the molecule is COc1ccc(Cl)cc1-c1ccc(/C=C/c2ncc(-c3ccc(Cl)cc3Cl)[nH]2)cc1. The zero-order valence-corrected chi connectivity index (χ0v) is 18.3. The Hall–Kier alpha value is -2.72. The van der Waals surface area contributed by atoms with E-state index in [1.165, 1.54) is 0 Å². The first-order valence-electron chi connectivity index (χ1n) is 9.16. The molecule has 0 saturated carbocycles. The van der Waals surface area contributed by atoms with Gasteiger partial charge in [0.1, 0.15) is 11.6 Å². The first kappa shape index (κ1) is 20.5. The maximum atomic E-state index is 6.28. The minimum atomic E-state index is 0.578. The number of hydrogen-bond acceptors (Lipinski definition) is 2. The van der Waals surface area contributed by atoms with E-state index < -0.39 is 0 Å². The molecule has 0 aliphatic heterocycles. The lowest BCUT2D eigenvalue weighted by atomic mass is 10.0. The molecule has 1 N–H and O–H groups in total. The van der Waals surface area contributed by atoms with Crippen LogP contribution in [0, 0.1) is 0 Å². The van der Waals surface area contributed by atoms with Gasteiger partial charge in [-0.15, -0.1) is 0 Å². The number of nitrogens with zero attached hydrogens (tertiary/aromatic N) is 1. The van der Waals surface area contributed by atoms with E-state index in [9.17, 15) is 0 Å². The van der Waals surface area contributed by atoms with Crippen LogP contribution in [0.5, 0.6) is 5.75 Å². The highest BCUT2D eigenvalue weighted by Gasteiger charge is 2.08. The second-order valence-electron chi connectivity index (χ2n) is 6.61. The standard InChI is InChI=1S/C24H17Cl3N2O/c1-30-23-10-8-17(25)12-20(23)16-5-2-15(3-6-16)4-11-24-28-14-22(29-24)19-9-7-18(26)13-21(19)27/h2-14H,1H3,(H,28,29)/b11-4+. The van der Waals surface area contributed by atoms with E-state index in [1.54, 1.807) is 25.4 Å². The van der Waals surface area contributed by atoms with Crippen molar-refractivity contribution >= 4 is 47.0 Å².